The second kappa shape index (κ2) is 6.12. The van der Waals surface area contributed by atoms with Gasteiger partial charge in [0.1, 0.15) is 12.1 Å². The van der Waals surface area contributed by atoms with Crippen LogP contribution in [0.1, 0.15) is 27.7 Å². The van der Waals surface area contributed by atoms with Crippen molar-refractivity contribution in [3.8, 4) is 5.75 Å². The first kappa shape index (κ1) is 14.0. The number of benzene rings is 1. The van der Waals surface area contributed by atoms with Gasteiger partial charge in [0, 0.05) is 12.7 Å². The number of phenolic OH excluding ortho intramolecular Hbond substituents is 1. The summed E-state index contributed by atoms with van der Waals surface area (Å²) in [6.45, 7) is 1.78. The molecule has 0 saturated carbocycles. The highest BCUT2D eigenvalue weighted by atomic mass is 16.3. The average Bonchev–Trinajstić information content (AvgIpc) is 2.45. The lowest BCUT2D eigenvalue weighted by Gasteiger charge is -2.12. The largest absolute Gasteiger partial charge is 0.508 e. The number of aliphatic hydroxyl groups is 1. The van der Waals surface area contributed by atoms with Crippen LogP contribution in [0.3, 0.4) is 0 Å². The summed E-state index contributed by atoms with van der Waals surface area (Å²) in [5, 5.41) is 21.7. The maximum Gasteiger partial charge on any atom is 0.254 e. The van der Waals surface area contributed by atoms with Crippen LogP contribution in [0.25, 0.3) is 0 Å². The zero-order chi connectivity index (χ0) is 14.5. The number of nitrogens with one attached hydrogen (secondary N) is 1. The van der Waals surface area contributed by atoms with E-state index in [1.165, 1.54) is 24.7 Å². The second-order valence-electron chi connectivity index (χ2n) is 4.34. The molecule has 3 N–H and O–H groups in total. The third kappa shape index (κ3) is 3.30. The fourth-order valence-corrected chi connectivity index (χ4v) is 1.71. The second-order valence-corrected chi connectivity index (χ2v) is 4.34. The topological polar surface area (TPSA) is 95.3 Å². The predicted octanol–water partition coefficient (Wildman–Crippen LogP) is 0.954. The number of aromatic nitrogens is 2. The van der Waals surface area contributed by atoms with Gasteiger partial charge in [-0.1, -0.05) is 12.1 Å². The Morgan fingerprint density at radius 3 is 2.70 bits per heavy atom. The molecule has 2 rings (SSSR count). The van der Waals surface area contributed by atoms with Crippen molar-refractivity contribution in [1.82, 2.24) is 15.3 Å². The fraction of sp³-hybridized carbons (Fsp3) is 0.214. The number of carbonyl (C=O) groups is 1. The van der Waals surface area contributed by atoms with E-state index in [2.05, 4.69) is 15.3 Å². The molecule has 1 aromatic heterocycles. The molecule has 104 valence electrons. The first-order valence-electron chi connectivity index (χ1n) is 6.09. The van der Waals surface area contributed by atoms with E-state index in [-0.39, 0.29) is 18.2 Å². The van der Waals surface area contributed by atoms with E-state index in [1.807, 2.05) is 0 Å². The van der Waals surface area contributed by atoms with Crippen LogP contribution in [0, 0.1) is 6.92 Å². The number of hydrogen-bond acceptors (Lipinski definition) is 5. The standard InChI is InChI=1S/C14H15N3O3/c1-9-12(6-15-8-17-9)14(20)16-7-13(19)10-2-4-11(18)5-3-10/h2-6,8,13,18-19H,7H2,1H3,(H,16,20)/t13-/m0/s1. The van der Waals surface area contributed by atoms with Gasteiger partial charge >= 0.3 is 0 Å². The molecule has 1 aromatic carbocycles. The van der Waals surface area contributed by atoms with Crippen LogP contribution in [0.5, 0.6) is 5.75 Å². The van der Waals surface area contributed by atoms with Gasteiger partial charge in [-0.3, -0.25) is 4.79 Å². The van der Waals surface area contributed by atoms with Gasteiger partial charge in [0.15, 0.2) is 0 Å². The first-order chi connectivity index (χ1) is 9.58. The highest BCUT2D eigenvalue weighted by Crippen LogP contribution is 2.16. The Morgan fingerprint density at radius 2 is 2.05 bits per heavy atom. The van der Waals surface area contributed by atoms with Gasteiger partial charge < -0.3 is 15.5 Å². The van der Waals surface area contributed by atoms with Gasteiger partial charge in [0.05, 0.1) is 17.4 Å². The third-order valence-corrected chi connectivity index (χ3v) is 2.89. The summed E-state index contributed by atoms with van der Waals surface area (Å²) in [6, 6.07) is 6.16. The lowest BCUT2D eigenvalue weighted by atomic mass is 10.1. The number of aliphatic hydroxyl groups excluding tert-OH is 1. The van der Waals surface area contributed by atoms with Crippen molar-refractivity contribution in [3.05, 3.63) is 53.6 Å². The number of phenols is 1. The summed E-state index contributed by atoms with van der Waals surface area (Å²) in [5.74, 6) is -0.206. The maximum absolute atomic E-state index is 11.9. The molecule has 1 amide bonds. The Kier molecular flexibility index (Phi) is 4.27. The molecule has 0 aliphatic carbocycles. The average molecular weight is 273 g/mol. The number of hydrogen-bond donors (Lipinski definition) is 3. The minimum absolute atomic E-state index is 0.0674. The molecule has 0 bridgehead atoms. The molecule has 0 radical (unpaired) electrons. The quantitative estimate of drug-likeness (QED) is 0.771. The Morgan fingerprint density at radius 1 is 1.35 bits per heavy atom. The number of carbonyl (C=O) groups excluding carboxylic acids is 1. The van der Waals surface area contributed by atoms with E-state index >= 15 is 0 Å². The van der Waals surface area contributed by atoms with Gasteiger partial charge in [0.2, 0.25) is 0 Å². The highest BCUT2D eigenvalue weighted by Gasteiger charge is 2.13. The van der Waals surface area contributed by atoms with Crippen LogP contribution >= 0.6 is 0 Å². The molecule has 1 atom stereocenters. The number of amides is 1. The summed E-state index contributed by atoms with van der Waals surface area (Å²) in [5.41, 5.74) is 1.58. The molecule has 0 aliphatic heterocycles. The minimum Gasteiger partial charge on any atom is -0.508 e. The number of aryl methyl sites for hydroxylation is 1. The van der Waals surface area contributed by atoms with E-state index in [9.17, 15) is 15.0 Å². The highest BCUT2D eigenvalue weighted by molar-refractivity contribution is 5.94. The van der Waals surface area contributed by atoms with Crippen LogP contribution in [0.4, 0.5) is 0 Å². The van der Waals surface area contributed by atoms with Crippen molar-refractivity contribution in [2.24, 2.45) is 0 Å². The van der Waals surface area contributed by atoms with Gasteiger partial charge in [0.25, 0.3) is 5.91 Å². The summed E-state index contributed by atoms with van der Waals surface area (Å²) >= 11 is 0. The van der Waals surface area contributed by atoms with Gasteiger partial charge in [-0.15, -0.1) is 0 Å². The Hall–Kier alpha value is -2.47. The SMILES string of the molecule is Cc1ncncc1C(=O)NC[C@H](O)c1ccc(O)cc1. The molecule has 6 nitrogen and oxygen atoms in total. The maximum atomic E-state index is 11.9. The number of nitrogens with zero attached hydrogens (tertiary/aromatic N) is 2. The van der Waals surface area contributed by atoms with Crippen molar-refractivity contribution < 1.29 is 15.0 Å². The lowest BCUT2D eigenvalue weighted by Crippen LogP contribution is -2.29. The van der Waals surface area contributed by atoms with Gasteiger partial charge in [-0.2, -0.15) is 0 Å². The summed E-state index contributed by atoms with van der Waals surface area (Å²) in [7, 11) is 0. The van der Waals surface area contributed by atoms with Crippen LogP contribution < -0.4 is 5.32 Å². The molecule has 0 spiro atoms. The van der Waals surface area contributed by atoms with Crippen molar-refractivity contribution >= 4 is 5.91 Å². The molecule has 20 heavy (non-hydrogen) atoms. The monoisotopic (exact) mass is 273 g/mol. The van der Waals surface area contributed by atoms with E-state index in [1.54, 1.807) is 19.1 Å². The van der Waals surface area contributed by atoms with Crippen LogP contribution in [-0.2, 0) is 0 Å². The van der Waals surface area contributed by atoms with Crippen molar-refractivity contribution in [1.29, 1.82) is 0 Å². The van der Waals surface area contributed by atoms with Crippen LogP contribution in [0.2, 0.25) is 0 Å². The summed E-state index contributed by atoms with van der Waals surface area (Å²) < 4.78 is 0. The molecule has 1 heterocycles. The van der Waals surface area contributed by atoms with Crippen molar-refractivity contribution in [2.45, 2.75) is 13.0 Å². The van der Waals surface area contributed by atoms with E-state index < -0.39 is 6.10 Å². The smallest absolute Gasteiger partial charge is 0.254 e. The summed E-state index contributed by atoms with van der Waals surface area (Å²) in [4.78, 5) is 19.6. The van der Waals surface area contributed by atoms with E-state index in [4.69, 9.17) is 0 Å². The summed E-state index contributed by atoms with van der Waals surface area (Å²) in [6.07, 6.45) is 1.96. The molecule has 6 heteroatoms. The molecule has 0 unspecified atom stereocenters. The van der Waals surface area contributed by atoms with Crippen molar-refractivity contribution in [2.75, 3.05) is 6.54 Å². The lowest BCUT2D eigenvalue weighted by molar-refractivity contribution is 0.0915. The van der Waals surface area contributed by atoms with Crippen molar-refractivity contribution in [3.63, 3.8) is 0 Å². The van der Waals surface area contributed by atoms with Gasteiger partial charge in [-0.25, -0.2) is 9.97 Å². The number of rotatable bonds is 4. The van der Waals surface area contributed by atoms with E-state index in [0.717, 1.165) is 0 Å². The predicted molar refractivity (Wildman–Crippen MR) is 72.2 cm³/mol. The van der Waals surface area contributed by atoms with Gasteiger partial charge in [-0.05, 0) is 24.6 Å². The zero-order valence-electron chi connectivity index (χ0n) is 10.9. The van der Waals surface area contributed by atoms with E-state index in [0.29, 0.717) is 16.8 Å². The van der Waals surface area contributed by atoms with Crippen LogP contribution in [0.15, 0.2) is 36.8 Å². The third-order valence-electron chi connectivity index (χ3n) is 2.89. The zero-order valence-corrected chi connectivity index (χ0v) is 10.9. The first-order valence-corrected chi connectivity index (χ1v) is 6.09. The minimum atomic E-state index is -0.843. The normalized spacial score (nSPS) is 11.9. The molecular weight excluding hydrogens is 258 g/mol. The Balaban J connectivity index is 1.97. The molecule has 0 fully saturated rings. The Bertz CT molecular complexity index is 599. The molecule has 0 saturated heterocycles. The Labute approximate surface area is 116 Å². The molecular formula is C14H15N3O3. The van der Waals surface area contributed by atoms with Crippen LogP contribution in [-0.4, -0.2) is 32.6 Å². The molecule has 0 aliphatic rings. The molecule has 2 aromatic rings. The fourth-order valence-electron chi connectivity index (χ4n) is 1.71. The number of aromatic hydroxyl groups is 1.